The predicted molar refractivity (Wildman–Crippen MR) is 63.3 cm³/mol. The number of esters is 1. The molecule has 0 aromatic heterocycles. The zero-order chi connectivity index (χ0) is 12.1. The summed E-state index contributed by atoms with van der Waals surface area (Å²) in [5.41, 5.74) is 1.25. The van der Waals surface area contributed by atoms with Gasteiger partial charge in [0, 0.05) is 5.02 Å². The predicted octanol–water partition coefficient (Wildman–Crippen LogP) is 3.22. The van der Waals surface area contributed by atoms with Gasteiger partial charge < -0.3 is 9.47 Å². The number of rotatable bonds is 4. The second-order valence-electron chi connectivity index (χ2n) is 3.25. The molecular weight excluding hydrogens is 228 g/mol. The van der Waals surface area contributed by atoms with Gasteiger partial charge in [-0.1, -0.05) is 11.6 Å². The van der Waals surface area contributed by atoms with Crippen LogP contribution in [0.15, 0.2) is 12.1 Å². The summed E-state index contributed by atoms with van der Waals surface area (Å²) in [7, 11) is 0. The van der Waals surface area contributed by atoms with Crippen LogP contribution in [-0.2, 0) is 4.74 Å². The van der Waals surface area contributed by atoms with E-state index in [4.69, 9.17) is 21.1 Å². The molecule has 0 aliphatic heterocycles. The molecule has 0 unspecified atom stereocenters. The van der Waals surface area contributed by atoms with E-state index in [1.165, 1.54) is 0 Å². The van der Waals surface area contributed by atoms with Gasteiger partial charge in [0.05, 0.1) is 13.2 Å². The molecular formula is C12H15ClO3. The lowest BCUT2D eigenvalue weighted by Crippen LogP contribution is -2.08. The topological polar surface area (TPSA) is 35.5 Å². The highest BCUT2D eigenvalue weighted by Gasteiger charge is 2.15. The van der Waals surface area contributed by atoms with Gasteiger partial charge in [0.2, 0.25) is 0 Å². The SMILES string of the molecule is CCOC(=O)c1cc(C)c(Cl)cc1OCC. The summed E-state index contributed by atoms with van der Waals surface area (Å²) in [6.45, 7) is 6.27. The summed E-state index contributed by atoms with van der Waals surface area (Å²) >= 11 is 5.97. The highest BCUT2D eigenvalue weighted by molar-refractivity contribution is 6.31. The van der Waals surface area contributed by atoms with Crippen LogP contribution in [0.2, 0.25) is 5.02 Å². The molecule has 0 N–H and O–H groups in total. The maximum absolute atomic E-state index is 11.7. The summed E-state index contributed by atoms with van der Waals surface area (Å²) < 4.78 is 10.3. The average molecular weight is 243 g/mol. The summed E-state index contributed by atoms with van der Waals surface area (Å²) in [4.78, 5) is 11.7. The highest BCUT2D eigenvalue weighted by Crippen LogP contribution is 2.27. The third kappa shape index (κ3) is 2.89. The first-order chi connectivity index (χ1) is 7.60. The Bertz CT molecular complexity index is 388. The van der Waals surface area contributed by atoms with Gasteiger partial charge in [-0.3, -0.25) is 0 Å². The number of carbonyl (C=O) groups excluding carboxylic acids is 1. The van der Waals surface area contributed by atoms with E-state index < -0.39 is 0 Å². The molecule has 0 amide bonds. The molecule has 1 rings (SSSR count). The molecule has 0 aliphatic rings. The normalized spacial score (nSPS) is 10.0. The van der Waals surface area contributed by atoms with Crippen molar-refractivity contribution in [1.29, 1.82) is 0 Å². The van der Waals surface area contributed by atoms with Crippen LogP contribution in [0.1, 0.15) is 29.8 Å². The van der Waals surface area contributed by atoms with E-state index in [2.05, 4.69) is 0 Å². The second kappa shape index (κ2) is 5.75. The van der Waals surface area contributed by atoms with Crippen molar-refractivity contribution in [3.63, 3.8) is 0 Å². The monoisotopic (exact) mass is 242 g/mol. The van der Waals surface area contributed by atoms with Crippen molar-refractivity contribution in [2.75, 3.05) is 13.2 Å². The van der Waals surface area contributed by atoms with Gasteiger partial charge in [-0.05, 0) is 38.5 Å². The molecule has 0 fully saturated rings. The molecule has 1 aromatic rings. The molecule has 0 atom stereocenters. The fourth-order valence-electron chi connectivity index (χ4n) is 1.31. The third-order valence-corrected chi connectivity index (χ3v) is 2.46. The second-order valence-corrected chi connectivity index (χ2v) is 3.66. The quantitative estimate of drug-likeness (QED) is 0.761. The molecule has 0 bridgehead atoms. The first kappa shape index (κ1) is 12.8. The Kier molecular flexibility index (Phi) is 4.62. The van der Waals surface area contributed by atoms with Gasteiger partial charge >= 0.3 is 5.97 Å². The van der Waals surface area contributed by atoms with Gasteiger partial charge in [0.25, 0.3) is 0 Å². The van der Waals surface area contributed by atoms with Crippen molar-refractivity contribution < 1.29 is 14.3 Å². The molecule has 1 aromatic carbocycles. The number of halogens is 1. The molecule has 0 saturated carbocycles. The van der Waals surface area contributed by atoms with Crippen LogP contribution in [0.25, 0.3) is 0 Å². The van der Waals surface area contributed by atoms with Gasteiger partial charge in [0.15, 0.2) is 0 Å². The Morgan fingerprint density at radius 3 is 2.56 bits per heavy atom. The number of benzene rings is 1. The summed E-state index contributed by atoms with van der Waals surface area (Å²) in [5.74, 6) is 0.0854. The first-order valence-electron chi connectivity index (χ1n) is 5.20. The van der Waals surface area contributed by atoms with E-state index in [0.29, 0.717) is 29.5 Å². The summed E-state index contributed by atoms with van der Waals surface area (Å²) in [6.07, 6.45) is 0. The Morgan fingerprint density at radius 1 is 1.31 bits per heavy atom. The molecule has 0 aliphatic carbocycles. The lowest BCUT2D eigenvalue weighted by molar-refractivity contribution is 0.0522. The van der Waals surface area contributed by atoms with Crippen LogP contribution in [0.5, 0.6) is 5.75 Å². The lowest BCUT2D eigenvalue weighted by Gasteiger charge is -2.11. The number of hydrogen-bond donors (Lipinski definition) is 0. The van der Waals surface area contributed by atoms with E-state index >= 15 is 0 Å². The minimum absolute atomic E-state index is 0.339. The Hall–Kier alpha value is -1.22. The van der Waals surface area contributed by atoms with Gasteiger partial charge in [-0.2, -0.15) is 0 Å². The maximum Gasteiger partial charge on any atom is 0.341 e. The number of carbonyl (C=O) groups is 1. The molecule has 0 saturated heterocycles. The molecule has 88 valence electrons. The third-order valence-electron chi connectivity index (χ3n) is 2.06. The zero-order valence-corrected chi connectivity index (χ0v) is 10.4. The lowest BCUT2D eigenvalue weighted by atomic mass is 10.1. The van der Waals surface area contributed by atoms with Crippen LogP contribution in [0, 0.1) is 6.92 Å². The Morgan fingerprint density at radius 2 is 2.00 bits per heavy atom. The standard InChI is InChI=1S/C12H15ClO3/c1-4-15-11-7-10(13)8(3)6-9(11)12(14)16-5-2/h6-7H,4-5H2,1-3H3. The average Bonchev–Trinajstić information content (AvgIpc) is 2.23. The van der Waals surface area contributed by atoms with E-state index in [1.54, 1.807) is 19.1 Å². The fourth-order valence-corrected chi connectivity index (χ4v) is 1.46. The van der Waals surface area contributed by atoms with Gasteiger partial charge in [-0.25, -0.2) is 4.79 Å². The van der Waals surface area contributed by atoms with Crippen LogP contribution >= 0.6 is 11.6 Å². The number of ether oxygens (including phenoxy) is 2. The summed E-state index contributed by atoms with van der Waals surface area (Å²) in [5, 5.41) is 0.580. The number of aryl methyl sites for hydroxylation is 1. The zero-order valence-electron chi connectivity index (χ0n) is 9.67. The number of hydrogen-bond acceptors (Lipinski definition) is 3. The van der Waals surface area contributed by atoms with Crippen LogP contribution < -0.4 is 4.74 Å². The Labute approximate surface area is 100 Å². The molecule has 16 heavy (non-hydrogen) atoms. The van der Waals surface area contributed by atoms with E-state index in [9.17, 15) is 4.79 Å². The summed E-state index contributed by atoms with van der Waals surface area (Å²) in [6, 6.07) is 3.33. The first-order valence-corrected chi connectivity index (χ1v) is 5.58. The fraction of sp³-hybridized carbons (Fsp3) is 0.417. The minimum Gasteiger partial charge on any atom is -0.493 e. The molecule has 3 nitrogen and oxygen atoms in total. The van der Waals surface area contributed by atoms with Crippen molar-refractivity contribution in [1.82, 2.24) is 0 Å². The molecule has 0 radical (unpaired) electrons. The maximum atomic E-state index is 11.7. The van der Waals surface area contributed by atoms with Crippen molar-refractivity contribution >= 4 is 17.6 Å². The van der Waals surface area contributed by atoms with Crippen molar-refractivity contribution in [3.05, 3.63) is 28.3 Å². The van der Waals surface area contributed by atoms with Crippen LogP contribution in [0.4, 0.5) is 0 Å². The van der Waals surface area contributed by atoms with Crippen molar-refractivity contribution in [3.8, 4) is 5.75 Å². The smallest absolute Gasteiger partial charge is 0.341 e. The van der Waals surface area contributed by atoms with Gasteiger partial charge in [-0.15, -0.1) is 0 Å². The van der Waals surface area contributed by atoms with Gasteiger partial charge in [0.1, 0.15) is 11.3 Å². The van der Waals surface area contributed by atoms with E-state index in [1.807, 2.05) is 13.8 Å². The van der Waals surface area contributed by atoms with Crippen LogP contribution in [0.3, 0.4) is 0 Å². The molecule has 0 spiro atoms. The molecule has 0 heterocycles. The largest absolute Gasteiger partial charge is 0.493 e. The van der Waals surface area contributed by atoms with E-state index in [0.717, 1.165) is 5.56 Å². The van der Waals surface area contributed by atoms with E-state index in [-0.39, 0.29) is 5.97 Å². The molecule has 4 heteroatoms. The van der Waals surface area contributed by atoms with Crippen LogP contribution in [-0.4, -0.2) is 19.2 Å². The Balaban J connectivity index is 3.13. The minimum atomic E-state index is -0.384. The highest BCUT2D eigenvalue weighted by atomic mass is 35.5. The van der Waals surface area contributed by atoms with Crippen molar-refractivity contribution in [2.45, 2.75) is 20.8 Å². The van der Waals surface area contributed by atoms with Crippen molar-refractivity contribution in [2.24, 2.45) is 0 Å².